The van der Waals surface area contributed by atoms with Gasteiger partial charge in [-0.3, -0.25) is 4.98 Å². The highest BCUT2D eigenvalue weighted by molar-refractivity contribution is 5.94. The van der Waals surface area contributed by atoms with Crippen molar-refractivity contribution in [1.29, 1.82) is 0 Å². The fourth-order valence-electron chi connectivity index (χ4n) is 2.84. The molecule has 0 spiro atoms. The number of pyridine rings is 1. The van der Waals surface area contributed by atoms with E-state index in [4.69, 9.17) is 0 Å². The number of hydrogen-bond donors (Lipinski definition) is 1. The largest absolute Gasteiger partial charge is 0.387 e. The van der Waals surface area contributed by atoms with E-state index in [2.05, 4.69) is 10.3 Å². The third-order valence-corrected chi connectivity index (χ3v) is 3.79. The molecule has 1 aromatic carbocycles. The number of benzene rings is 1. The Morgan fingerprint density at radius 1 is 1.22 bits per heavy atom. The Labute approximate surface area is 106 Å². The first-order chi connectivity index (χ1) is 8.70. The van der Waals surface area contributed by atoms with Crippen LogP contribution >= 0.6 is 0 Å². The molecule has 3 heteroatoms. The molecule has 0 bridgehead atoms. The molecule has 1 aliphatic carbocycles. The lowest BCUT2D eigenvalue weighted by Crippen LogP contribution is -2.09. The van der Waals surface area contributed by atoms with Gasteiger partial charge in [0, 0.05) is 29.9 Å². The average Bonchev–Trinajstić information content (AvgIpc) is 2.38. The van der Waals surface area contributed by atoms with Gasteiger partial charge in [0.1, 0.15) is 5.82 Å². The minimum atomic E-state index is -0.173. The molecule has 18 heavy (non-hydrogen) atoms. The molecule has 3 rings (SSSR count). The van der Waals surface area contributed by atoms with Crippen LogP contribution in [0.4, 0.5) is 10.1 Å². The van der Waals surface area contributed by atoms with Gasteiger partial charge in [0.2, 0.25) is 0 Å². The number of anilines is 1. The number of aromatic nitrogens is 1. The summed E-state index contributed by atoms with van der Waals surface area (Å²) in [5.74, 6) is -0.173. The molecule has 0 saturated carbocycles. The summed E-state index contributed by atoms with van der Waals surface area (Å²) in [5, 5.41) is 4.32. The Bertz CT molecular complexity index is 620. The normalized spacial score (nSPS) is 14.6. The highest BCUT2D eigenvalue weighted by atomic mass is 19.1. The molecular weight excluding hydrogens is 227 g/mol. The number of fused-ring (bicyclic) bond motifs is 2. The van der Waals surface area contributed by atoms with Crippen molar-refractivity contribution in [2.75, 3.05) is 12.4 Å². The van der Waals surface area contributed by atoms with Crippen molar-refractivity contribution in [2.24, 2.45) is 0 Å². The lowest BCUT2D eigenvalue weighted by atomic mass is 9.92. The van der Waals surface area contributed by atoms with E-state index < -0.39 is 0 Å². The van der Waals surface area contributed by atoms with Crippen LogP contribution in [0.3, 0.4) is 0 Å². The number of nitrogens with zero attached hydrogens (tertiary/aromatic N) is 1. The summed E-state index contributed by atoms with van der Waals surface area (Å²) in [6.07, 6.45) is 4.48. The van der Waals surface area contributed by atoms with Gasteiger partial charge in [-0.15, -0.1) is 0 Å². The molecule has 0 fully saturated rings. The number of halogens is 1. The first-order valence-electron chi connectivity index (χ1n) is 6.50. The third-order valence-electron chi connectivity index (χ3n) is 3.79. The second kappa shape index (κ2) is 4.23. The van der Waals surface area contributed by atoms with E-state index in [1.807, 2.05) is 13.1 Å². The predicted octanol–water partition coefficient (Wildman–Crippen LogP) is 3.60. The van der Waals surface area contributed by atoms with Crippen LogP contribution in [0.5, 0.6) is 0 Å². The molecule has 2 nitrogen and oxygen atoms in total. The summed E-state index contributed by atoms with van der Waals surface area (Å²) in [6, 6.07) is 3.46. The molecule has 1 heterocycles. The van der Waals surface area contributed by atoms with Gasteiger partial charge in [-0.1, -0.05) is 0 Å². The van der Waals surface area contributed by atoms with Crippen LogP contribution in [-0.4, -0.2) is 12.0 Å². The zero-order valence-electron chi connectivity index (χ0n) is 10.8. The minimum Gasteiger partial charge on any atom is -0.387 e. The van der Waals surface area contributed by atoms with Crippen molar-refractivity contribution < 1.29 is 4.39 Å². The molecule has 2 aromatic rings. The Morgan fingerprint density at radius 3 is 2.78 bits per heavy atom. The van der Waals surface area contributed by atoms with Crippen molar-refractivity contribution in [3.63, 3.8) is 0 Å². The molecule has 0 unspecified atom stereocenters. The van der Waals surface area contributed by atoms with E-state index in [1.165, 1.54) is 18.4 Å². The monoisotopic (exact) mass is 244 g/mol. The van der Waals surface area contributed by atoms with Crippen molar-refractivity contribution in [3.05, 3.63) is 34.8 Å². The van der Waals surface area contributed by atoms with Gasteiger partial charge in [0.25, 0.3) is 0 Å². The molecule has 1 aliphatic rings. The molecule has 94 valence electrons. The maximum absolute atomic E-state index is 13.7. The van der Waals surface area contributed by atoms with Crippen LogP contribution < -0.4 is 5.32 Å². The smallest absolute Gasteiger partial charge is 0.128 e. The van der Waals surface area contributed by atoms with Crippen molar-refractivity contribution in [2.45, 2.75) is 32.6 Å². The van der Waals surface area contributed by atoms with Gasteiger partial charge in [-0.2, -0.15) is 0 Å². The van der Waals surface area contributed by atoms with Gasteiger partial charge in [0.15, 0.2) is 0 Å². The molecule has 0 amide bonds. The lowest BCUT2D eigenvalue weighted by Gasteiger charge is -2.20. The summed E-state index contributed by atoms with van der Waals surface area (Å²) in [4.78, 5) is 4.65. The molecule has 0 saturated heterocycles. The summed E-state index contributed by atoms with van der Waals surface area (Å²) >= 11 is 0. The van der Waals surface area contributed by atoms with Crippen molar-refractivity contribution in [1.82, 2.24) is 4.98 Å². The van der Waals surface area contributed by atoms with Gasteiger partial charge < -0.3 is 5.32 Å². The lowest BCUT2D eigenvalue weighted by molar-refractivity contribution is 0.619. The van der Waals surface area contributed by atoms with Crippen LogP contribution in [0.15, 0.2) is 12.1 Å². The number of hydrogen-bond acceptors (Lipinski definition) is 2. The summed E-state index contributed by atoms with van der Waals surface area (Å²) in [5.41, 5.74) is 5.04. The Balaban J connectivity index is 2.36. The Hall–Kier alpha value is -1.64. The standard InChI is InChI=1S/C15H17FN2/c1-9-7-11-14(8-12(9)16)18-13-6-4-3-5-10(13)15(11)17-2/h7-8H,3-6H2,1-2H3,(H,17,18). The molecule has 0 radical (unpaired) electrons. The van der Waals surface area contributed by atoms with E-state index in [0.29, 0.717) is 5.56 Å². The van der Waals surface area contributed by atoms with Crippen LogP contribution in [-0.2, 0) is 12.8 Å². The SMILES string of the molecule is CNc1c2c(nc3cc(F)c(C)cc13)CCCC2. The zero-order chi connectivity index (χ0) is 12.7. The number of nitrogens with one attached hydrogen (secondary N) is 1. The van der Waals surface area contributed by atoms with E-state index >= 15 is 0 Å². The Kier molecular flexibility index (Phi) is 2.69. The molecule has 0 atom stereocenters. The highest BCUT2D eigenvalue weighted by Crippen LogP contribution is 2.33. The van der Waals surface area contributed by atoms with E-state index in [1.54, 1.807) is 13.0 Å². The van der Waals surface area contributed by atoms with Gasteiger partial charge in [0.05, 0.1) is 5.52 Å². The van der Waals surface area contributed by atoms with Gasteiger partial charge in [-0.05, 0) is 49.8 Å². The quantitative estimate of drug-likeness (QED) is 0.829. The number of aryl methyl sites for hydroxylation is 2. The zero-order valence-corrected chi connectivity index (χ0v) is 10.8. The number of rotatable bonds is 1. The highest BCUT2D eigenvalue weighted by Gasteiger charge is 2.18. The average molecular weight is 244 g/mol. The molecule has 1 aromatic heterocycles. The molecule has 1 N–H and O–H groups in total. The van der Waals surface area contributed by atoms with E-state index in [-0.39, 0.29) is 5.82 Å². The first-order valence-corrected chi connectivity index (χ1v) is 6.50. The summed E-state index contributed by atoms with van der Waals surface area (Å²) in [6.45, 7) is 1.80. The molecule has 0 aliphatic heterocycles. The third kappa shape index (κ3) is 1.65. The van der Waals surface area contributed by atoms with Crippen molar-refractivity contribution in [3.8, 4) is 0 Å². The topological polar surface area (TPSA) is 24.9 Å². The van der Waals surface area contributed by atoms with Gasteiger partial charge in [-0.25, -0.2) is 4.39 Å². The second-order valence-electron chi connectivity index (χ2n) is 4.99. The van der Waals surface area contributed by atoms with Gasteiger partial charge >= 0.3 is 0 Å². The minimum absolute atomic E-state index is 0.173. The van der Waals surface area contributed by atoms with Crippen molar-refractivity contribution >= 4 is 16.6 Å². The first kappa shape index (κ1) is 11.5. The predicted molar refractivity (Wildman–Crippen MR) is 72.6 cm³/mol. The van der Waals surface area contributed by atoms with Crippen LogP contribution in [0, 0.1) is 12.7 Å². The van der Waals surface area contributed by atoms with Crippen LogP contribution in [0.2, 0.25) is 0 Å². The summed E-state index contributed by atoms with van der Waals surface area (Å²) < 4.78 is 13.7. The fraction of sp³-hybridized carbons (Fsp3) is 0.400. The molecular formula is C15H17FN2. The van der Waals surface area contributed by atoms with E-state index in [0.717, 1.165) is 35.1 Å². The maximum Gasteiger partial charge on any atom is 0.128 e. The summed E-state index contributed by atoms with van der Waals surface area (Å²) in [7, 11) is 1.93. The maximum atomic E-state index is 13.7. The van der Waals surface area contributed by atoms with Crippen LogP contribution in [0.25, 0.3) is 10.9 Å². The van der Waals surface area contributed by atoms with E-state index in [9.17, 15) is 4.39 Å². The second-order valence-corrected chi connectivity index (χ2v) is 4.99. The fourth-order valence-corrected chi connectivity index (χ4v) is 2.84. The van der Waals surface area contributed by atoms with Crippen LogP contribution in [0.1, 0.15) is 29.7 Å². The Morgan fingerprint density at radius 2 is 2.00 bits per heavy atom.